The van der Waals surface area contributed by atoms with E-state index in [-0.39, 0.29) is 5.54 Å². The van der Waals surface area contributed by atoms with E-state index < -0.39 is 6.09 Å². The van der Waals surface area contributed by atoms with Gasteiger partial charge in [-0.1, -0.05) is 0 Å². The van der Waals surface area contributed by atoms with Crippen LogP contribution in [0.2, 0.25) is 0 Å². The normalized spacial score (nSPS) is 10.9. The SMILES string of the molecule is CNCC(C)(C)NC(=O)OC. The standard InChI is InChI=1S/C7H16N2O2/c1-7(2,5-8-3)9-6(10)11-4/h8H,5H2,1-4H3,(H,9,10). The second kappa shape index (κ2) is 4.18. The summed E-state index contributed by atoms with van der Waals surface area (Å²) in [6.45, 7) is 4.54. The smallest absolute Gasteiger partial charge is 0.407 e. The summed E-state index contributed by atoms with van der Waals surface area (Å²) in [5.41, 5.74) is -0.262. The fourth-order valence-corrected chi connectivity index (χ4v) is 0.813. The second-order valence-corrected chi connectivity index (χ2v) is 3.03. The number of carbonyl (C=O) groups is 1. The summed E-state index contributed by atoms with van der Waals surface area (Å²) in [4.78, 5) is 10.7. The molecule has 0 aromatic heterocycles. The molecule has 0 aromatic rings. The molecule has 0 aliphatic carbocycles. The van der Waals surface area contributed by atoms with Crippen LogP contribution in [0.3, 0.4) is 0 Å². The first kappa shape index (κ1) is 10.2. The van der Waals surface area contributed by atoms with Gasteiger partial charge in [-0.25, -0.2) is 4.79 Å². The molecule has 1 amide bonds. The molecule has 0 rings (SSSR count). The Morgan fingerprint density at radius 2 is 2.09 bits per heavy atom. The summed E-state index contributed by atoms with van der Waals surface area (Å²) >= 11 is 0. The van der Waals surface area contributed by atoms with Crippen LogP contribution in [0.1, 0.15) is 13.8 Å². The topological polar surface area (TPSA) is 50.4 Å². The Hall–Kier alpha value is -0.770. The largest absolute Gasteiger partial charge is 0.453 e. The van der Waals surface area contributed by atoms with E-state index in [1.807, 2.05) is 20.9 Å². The molecule has 0 aromatic carbocycles. The van der Waals surface area contributed by atoms with E-state index in [2.05, 4.69) is 15.4 Å². The van der Waals surface area contributed by atoms with Crippen molar-refractivity contribution in [2.75, 3.05) is 20.7 Å². The first-order chi connectivity index (χ1) is 5.02. The first-order valence-electron chi connectivity index (χ1n) is 3.52. The molecule has 0 radical (unpaired) electrons. The Morgan fingerprint density at radius 1 is 1.55 bits per heavy atom. The van der Waals surface area contributed by atoms with Crippen molar-refractivity contribution in [1.29, 1.82) is 0 Å². The molecule has 4 nitrogen and oxygen atoms in total. The van der Waals surface area contributed by atoms with E-state index in [9.17, 15) is 4.79 Å². The van der Waals surface area contributed by atoms with Gasteiger partial charge in [-0.15, -0.1) is 0 Å². The van der Waals surface area contributed by atoms with Gasteiger partial charge in [0.1, 0.15) is 0 Å². The average molecular weight is 160 g/mol. The van der Waals surface area contributed by atoms with Crippen LogP contribution in [-0.2, 0) is 4.74 Å². The summed E-state index contributed by atoms with van der Waals surface area (Å²) < 4.78 is 4.45. The molecule has 0 atom stereocenters. The number of nitrogens with one attached hydrogen (secondary N) is 2. The predicted molar refractivity (Wildman–Crippen MR) is 43.5 cm³/mol. The molecule has 0 bridgehead atoms. The van der Waals surface area contributed by atoms with Gasteiger partial charge in [0, 0.05) is 6.54 Å². The predicted octanol–water partition coefficient (Wildman–Crippen LogP) is 0.340. The van der Waals surface area contributed by atoms with Crippen LogP contribution < -0.4 is 10.6 Å². The summed E-state index contributed by atoms with van der Waals surface area (Å²) in [5.74, 6) is 0. The van der Waals surface area contributed by atoms with Crippen molar-refractivity contribution in [2.45, 2.75) is 19.4 Å². The fraction of sp³-hybridized carbons (Fsp3) is 0.857. The van der Waals surface area contributed by atoms with Crippen molar-refractivity contribution < 1.29 is 9.53 Å². The molecular weight excluding hydrogens is 144 g/mol. The van der Waals surface area contributed by atoms with Gasteiger partial charge in [-0.3, -0.25) is 0 Å². The number of carbonyl (C=O) groups excluding carboxylic acids is 1. The highest BCUT2D eigenvalue weighted by atomic mass is 16.5. The molecule has 11 heavy (non-hydrogen) atoms. The number of ether oxygens (including phenoxy) is 1. The van der Waals surface area contributed by atoms with Crippen molar-refractivity contribution in [3.05, 3.63) is 0 Å². The Bertz CT molecular complexity index is 134. The molecule has 0 saturated heterocycles. The highest BCUT2D eigenvalue weighted by Crippen LogP contribution is 1.99. The van der Waals surface area contributed by atoms with Gasteiger partial charge in [0.15, 0.2) is 0 Å². The minimum absolute atomic E-state index is 0.262. The van der Waals surface area contributed by atoms with Crippen LogP contribution in [0.15, 0.2) is 0 Å². The maximum Gasteiger partial charge on any atom is 0.407 e. The van der Waals surface area contributed by atoms with Gasteiger partial charge in [0.2, 0.25) is 0 Å². The van der Waals surface area contributed by atoms with E-state index in [0.717, 1.165) is 0 Å². The lowest BCUT2D eigenvalue weighted by Gasteiger charge is -2.24. The molecule has 4 heteroatoms. The molecule has 66 valence electrons. The van der Waals surface area contributed by atoms with Crippen molar-refractivity contribution >= 4 is 6.09 Å². The van der Waals surface area contributed by atoms with Gasteiger partial charge >= 0.3 is 6.09 Å². The van der Waals surface area contributed by atoms with Crippen molar-refractivity contribution in [3.63, 3.8) is 0 Å². The van der Waals surface area contributed by atoms with Gasteiger partial charge in [-0.05, 0) is 20.9 Å². The van der Waals surface area contributed by atoms with Gasteiger partial charge in [0.05, 0.1) is 12.6 Å². The van der Waals surface area contributed by atoms with E-state index in [4.69, 9.17) is 0 Å². The fourth-order valence-electron chi connectivity index (χ4n) is 0.813. The molecule has 0 fully saturated rings. The van der Waals surface area contributed by atoms with Crippen LogP contribution >= 0.6 is 0 Å². The summed E-state index contributed by atoms with van der Waals surface area (Å²) in [7, 11) is 3.19. The quantitative estimate of drug-likeness (QED) is 0.626. The van der Waals surface area contributed by atoms with E-state index >= 15 is 0 Å². The Morgan fingerprint density at radius 3 is 2.45 bits per heavy atom. The minimum atomic E-state index is -0.398. The lowest BCUT2D eigenvalue weighted by molar-refractivity contribution is 0.159. The van der Waals surface area contributed by atoms with E-state index in [1.54, 1.807) is 0 Å². The first-order valence-corrected chi connectivity index (χ1v) is 3.52. The third-order valence-electron chi connectivity index (χ3n) is 1.24. The summed E-state index contributed by atoms with van der Waals surface area (Å²) in [6.07, 6.45) is -0.398. The summed E-state index contributed by atoms with van der Waals surface area (Å²) in [5, 5.41) is 5.65. The van der Waals surface area contributed by atoms with Crippen molar-refractivity contribution in [1.82, 2.24) is 10.6 Å². The molecule has 0 heterocycles. The highest BCUT2D eigenvalue weighted by Gasteiger charge is 2.18. The molecule has 0 spiro atoms. The van der Waals surface area contributed by atoms with Gasteiger partial charge < -0.3 is 15.4 Å². The van der Waals surface area contributed by atoms with Gasteiger partial charge in [0.25, 0.3) is 0 Å². The number of rotatable bonds is 3. The molecule has 0 unspecified atom stereocenters. The monoisotopic (exact) mass is 160 g/mol. The lowest BCUT2D eigenvalue weighted by atomic mass is 10.1. The Labute approximate surface area is 67.3 Å². The van der Waals surface area contributed by atoms with Crippen LogP contribution in [0, 0.1) is 0 Å². The molecular formula is C7H16N2O2. The number of methoxy groups -OCH3 is 1. The van der Waals surface area contributed by atoms with Crippen LogP contribution in [0.5, 0.6) is 0 Å². The van der Waals surface area contributed by atoms with Gasteiger partial charge in [-0.2, -0.15) is 0 Å². The molecule has 0 aliphatic rings. The van der Waals surface area contributed by atoms with Crippen molar-refractivity contribution in [3.8, 4) is 0 Å². The molecule has 0 saturated carbocycles. The van der Waals surface area contributed by atoms with Crippen LogP contribution in [0.25, 0.3) is 0 Å². The zero-order valence-corrected chi connectivity index (χ0v) is 7.52. The number of hydrogen-bond donors (Lipinski definition) is 2. The lowest BCUT2D eigenvalue weighted by Crippen LogP contribution is -2.49. The van der Waals surface area contributed by atoms with Crippen LogP contribution in [-0.4, -0.2) is 32.3 Å². The van der Waals surface area contributed by atoms with E-state index in [1.165, 1.54) is 7.11 Å². The summed E-state index contributed by atoms with van der Waals surface area (Å²) in [6, 6.07) is 0. The maximum atomic E-state index is 10.7. The number of alkyl carbamates (subject to hydrolysis) is 1. The third kappa shape index (κ3) is 4.61. The number of likely N-dealkylation sites (N-methyl/N-ethyl adjacent to an activating group) is 1. The number of amides is 1. The average Bonchev–Trinajstić information content (AvgIpc) is 1.86. The zero-order valence-electron chi connectivity index (χ0n) is 7.52. The number of hydrogen-bond acceptors (Lipinski definition) is 3. The van der Waals surface area contributed by atoms with Crippen LogP contribution in [0.4, 0.5) is 4.79 Å². The zero-order chi connectivity index (χ0) is 8.91. The molecule has 0 aliphatic heterocycles. The third-order valence-corrected chi connectivity index (χ3v) is 1.24. The highest BCUT2D eigenvalue weighted by molar-refractivity contribution is 5.67. The van der Waals surface area contributed by atoms with E-state index in [0.29, 0.717) is 6.54 Å². The Kier molecular flexibility index (Phi) is 3.89. The Balaban J connectivity index is 3.80. The maximum absolute atomic E-state index is 10.7. The second-order valence-electron chi connectivity index (χ2n) is 3.03. The minimum Gasteiger partial charge on any atom is -0.453 e. The van der Waals surface area contributed by atoms with Crippen molar-refractivity contribution in [2.24, 2.45) is 0 Å². The molecule has 2 N–H and O–H groups in total.